The van der Waals surface area contributed by atoms with E-state index in [0.29, 0.717) is 12.2 Å². The lowest BCUT2D eigenvalue weighted by atomic mass is 10.0. The van der Waals surface area contributed by atoms with Crippen molar-refractivity contribution in [3.8, 4) is 0 Å². The molecule has 7 nitrogen and oxygen atoms in total. The Bertz CT molecular complexity index is 1310. The molecule has 1 atom stereocenters. The van der Waals surface area contributed by atoms with Crippen LogP contribution in [0.5, 0.6) is 0 Å². The molecule has 0 aromatic heterocycles. The Morgan fingerprint density at radius 2 is 1.59 bits per heavy atom. The van der Waals surface area contributed by atoms with Crippen LogP contribution in [0.15, 0.2) is 83.3 Å². The van der Waals surface area contributed by atoms with Crippen molar-refractivity contribution in [3.63, 3.8) is 0 Å². The molecule has 0 aliphatic carbocycles. The van der Waals surface area contributed by atoms with Crippen molar-refractivity contribution < 1.29 is 18.0 Å². The van der Waals surface area contributed by atoms with E-state index in [0.717, 1.165) is 31.7 Å². The molecule has 0 saturated carbocycles. The third-order valence-corrected chi connectivity index (χ3v) is 7.50. The molecular weight excluding hydrogens is 554 g/mol. The normalized spacial score (nSPS) is 12.0. The van der Waals surface area contributed by atoms with Gasteiger partial charge in [0.25, 0.3) is 0 Å². The third-order valence-electron chi connectivity index (χ3n) is 5.87. The van der Waals surface area contributed by atoms with Gasteiger partial charge in [-0.25, -0.2) is 8.42 Å². The second-order valence-electron chi connectivity index (χ2n) is 8.86. The molecule has 0 aliphatic rings. The summed E-state index contributed by atoms with van der Waals surface area (Å²) in [4.78, 5) is 28.7. The maximum absolute atomic E-state index is 13.9. The quantitative estimate of drug-likeness (QED) is 0.363. The van der Waals surface area contributed by atoms with E-state index >= 15 is 0 Å². The van der Waals surface area contributed by atoms with Gasteiger partial charge < -0.3 is 10.2 Å². The van der Waals surface area contributed by atoms with Crippen molar-refractivity contribution >= 4 is 43.5 Å². The summed E-state index contributed by atoms with van der Waals surface area (Å²) in [6, 6.07) is 23.1. The monoisotopic (exact) mass is 585 g/mol. The molecule has 3 aromatic carbocycles. The van der Waals surface area contributed by atoms with Gasteiger partial charge in [0.1, 0.15) is 12.6 Å². The molecule has 3 aromatic rings. The first-order valence-electron chi connectivity index (χ1n) is 12.0. The predicted molar refractivity (Wildman–Crippen MR) is 151 cm³/mol. The van der Waals surface area contributed by atoms with E-state index in [1.54, 1.807) is 24.3 Å². The number of carbonyl (C=O) groups excluding carboxylic acids is 2. The minimum atomic E-state index is -3.78. The van der Waals surface area contributed by atoms with Gasteiger partial charge in [-0.05, 0) is 49.2 Å². The summed E-state index contributed by atoms with van der Waals surface area (Å²) in [7, 11) is -3.78. The first kappa shape index (κ1) is 28.4. The van der Waals surface area contributed by atoms with Gasteiger partial charge in [0, 0.05) is 24.0 Å². The lowest BCUT2D eigenvalue weighted by molar-refractivity contribution is -0.140. The van der Waals surface area contributed by atoms with Crippen LogP contribution in [0, 0.1) is 6.92 Å². The number of likely N-dealkylation sites (N-methyl/N-ethyl adjacent to an activating group) is 1. The van der Waals surface area contributed by atoms with Crippen molar-refractivity contribution in [1.82, 2.24) is 10.2 Å². The van der Waals surface area contributed by atoms with Crippen LogP contribution >= 0.6 is 15.9 Å². The number of nitrogens with one attached hydrogen (secondary N) is 1. The van der Waals surface area contributed by atoms with Gasteiger partial charge in [-0.3, -0.25) is 13.9 Å². The summed E-state index contributed by atoms with van der Waals surface area (Å²) < 4.78 is 27.4. The molecule has 0 spiro atoms. The number of nitrogens with zero attached hydrogens (tertiary/aromatic N) is 2. The number of aryl methyl sites for hydroxylation is 1. The highest BCUT2D eigenvalue weighted by Crippen LogP contribution is 2.21. The Morgan fingerprint density at radius 3 is 2.19 bits per heavy atom. The summed E-state index contributed by atoms with van der Waals surface area (Å²) in [5, 5.41) is 2.85. The number of sulfonamides is 1. The van der Waals surface area contributed by atoms with Crippen molar-refractivity contribution in [2.24, 2.45) is 0 Å². The maximum atomic E-state index is 13.9. The fraction of sp³-hybridized carbons (Fsp3) is 0.286. The van der Waals surface area contributed by atoms with Crippen LogP contribution in [0.25, 0.3) is 0 Å². The topological polar surface area (TPSA) is 86.8 Å². The highest BCUT2D eigenvalue weighted by atomic mass is 79.9. The highest BCUT2D eigenvalue weighted by Gasteiger charge is 2.32. The third kappa shape index (κ3) is 8.16. The number of amides is 2. The van der Waals surface area contributed by atoms with Gasteiger partial charge in [-0.2, -0.15) is 0 Å². The minimum absolute atomic E-state index is 0.137. The number of rotatable bonds is 11. The SMILES string of the molecule is CCNC(=O)C(Cc1ccccc1)N(Cc1cccc(Br)c1)C(=O)CN(c1ccc(C)cc1)S(C)(=O)=O. The van der Waals surface area contributed by atoms with E-state index in [1.807, 2.05) is 68.4 Å². The van der Waals surface area contributed by atoms with Crippen LogP contribution in [0.2, 0.25) is 0 Å². The van der Waals surface area contributed by atoms with Crippen LogP contribution in [0.3, 0.4) is 0 Å². The molecule has 37 heavy (non-hydrogen) atoms. The molecular formula is C28H32BrN3O4S. The fourth-order valence-corrected chi connectivity index (χ4v) is 5.30. The molecule has 2 amide bonds. The van der Waals surface area contributed by atoms with Gasteiger partial charge >= 0.3 is 0 Å². The highest BCUT2D eigenvalue weighted by molar-refractivity contribution is 9.10. The second-order valence-corrected chi connectivity index (χ2v) is 11.7. The van der Waals surface area contributed by atoms with Crippen molar-refractivity contribution in [1.29, 1.82) is 0 Å². The second kappa shape index (κ2) is 12.9. The van der Waals surface area contributed by atoms with Crippen LogP contribution in [-0.2, 0) is 32.6 Å². The standard InChI is InChI=1S/C28H32BrN3O4S/c1-4-30-28(34)26(18-22-9-6-5-7-10-22)31(19-23-11-8-12-24(29)17-23)27(33)20-32(37(3,35)36)25-15-13-21(2)14-16-25/h5-17,26H,4,18-20H2,1-3H3,(H,30,34). The number of anilines is 1. The zero-order valence-electron chi connectivity index (χ0n) is 21.2. The molecule has 3 rings (SSSR count). The Labute approximate surface area is 227 Å². The molecule has 1 N–H and O–H groups in total. The lowest BCUT2D eigenvalue weighted by Crippen LogP contribution is -2.53. The average Bonchev–Trinajstić information content (AvgIpc) is 2.85. The molecule has 0 saturated heterocycles. The summed E-state index contributed by atoms with van der Waals surface area (Å²) in [6.07, 6.45) is 1.36. The van der Waals surface area contributed by atoms with Crippen LogP contribution in [-0.4, -0.2) is 50.5 Å². The van der Waals surface area contributed by atoms with E-state index in [-0.39, 0.29) is 18.9 Å². The number of carbonyl (C=O) groups is 2. The molecule has 0 aliphatic heterocycles. The Balaban J connectivity index is 2.03. The van der Waals surface area contributed by atoms with Gasteiger partial charge in [0.15, 0.2) is 0 Å². The van der Waals surface area contributed by atoms with E-state index in [2.05, 4.69) is 21.2 Å². The molecule has 0 radical (unpaired) electrons. The molecule has 0 bridgehead atoms. The van der Waals surface area contributed by atoms with Crippen molar-refractivity contribution in [2.45, 2.75) is 32.9 Å². The maximum Gasteiger partial charge on any atom is 0.244 e. The number of benzene rings is 3. The van der Waals surface area contributed by atoms with Crippen LogP contribution < -0.4 is 9.62 Å². The largest absolute Gasteiger partial charge is 0.355 e. The average molecular weight is 587 g/mol. The molecule has 0 fully saturated rings. The Kier molecular flexibility index (Phi) is 9.88. The first-order valence-corrected chi connectivity index (χ1v) is 14.6. The zero-order chi connectivity index (χ0) is 27.0. The van der Waals surface area contributed by atoms with Crippen LogP contribution in [0.4, 0.5) is 5.69 Å². The Hall–Kier alpha value is -3.17. The number of hydrogen-bond acceptors (Lipinski definition) is 4. The summed E-state index contributed by atoms with van der Waals surface area (Å²) in [5.41, 5.74) is 3.07. The van der Waals surface area contributed by atoms with Crippen LogP contribution in [0.1, 0.15) is 23.6 Å². The van der Waals surface area contributed by atoms with Gasteiger partial charge in [0.2, 0.25) is 21.8 Å². The minimum Gasteiger partial charge on any atom is -0.355 e. The zero-order valence-corrected chi connectivity index (χ0v) is 23.6. The number of halogens is 1. The summed E-state index contributed by atoms with van der Waals surface area (Å²) in [6.45, 7) is 3.83. The van der Waals surface area contributed by atoms with Crippen molar-refractivity contribution in [3.05, 3.63) is 100 Å². The van der Waals surface area contributed by atoms with Gasteiger partial charge in [-0.1, -0.05) is 76.1 Å². The van der Waals surface area contributed by atoms with E-state index in [1.165, 1.54) is 4.90 Å². The first-order chi connectivity index (χ1) is 17.6. The van der Waals surface area contributed by atoms with E-state index in [4.69, 9.17) is 0 Å². The van der Waals surface area contributed by atoms with Gasteiger partial charge in [-0.15, -0.1) is 0 Å². The molecule has 1 unspecified atom stereocenters. The van der Waals surface area contributed by atoms with E-state index < -0.39 is 28.5 Å². The number of hydrogen-bond donors (Lipinski definition) is 1. The molecule has 196 valence electrons. The smallest absolute Gasteiger partial charge is 0.244 e. The van der Waals surface area contributed by atoms with Gasteiger partial charge in [0.05, 0.1) is 11.9 Å². The predicted octanol–water partition coefficient (Wildman–Crippen LogP) is 4.30. The Morgan fingerprint density at radius 1 is 0.946 bits per heavy atom. The van der Waals surface area contributed by atoms with Crippen molar-refractivity contribution in [2.75, 3.05) is 23.7 Å². The fourth-order valence-electron chi connectivity index (χ4n) is 4.00. The molecule has 9 heteroatoms. The summed E-state index contributed by atoms with van der Waals surface area (Å²) in [5.74, 6) is -0.769. The molecule has 0 heterocycles. The summed E-state index contributed by atoms with van der Waals surface area (Å²) >= 11 is 3.47. The lowest BCUT2D eigenvalue weighted by Gasteiger charge is -2.33. The van der Waals surface area contributed by atoms with E-state index in [9.17, 15) is 18.0 Å².